The van der Waals surface area contributed by atoms with Gasteiger partial charge in [0.15, 0.2) is 5.58 Å². The Labute approximate surface area is 209 Å². The van der Waals surface area contributed by atoms with Crippen molar-refractivity contribution < 1.29 is 4.42 Å². The van der Waals surface area contributed by atoms with Crippen molar-refractivity contribution in [2.75, 3.05) is 0 Å². The summed E-state index contributed by atoms with van der Waals surface area (Å²) >= 11 is 0. The summed E-state index contributed by atoms with van der Waals surface area (Å²) in [5.74, 6) is 0. The van der Waals surface area contributed by atoms with Crippen molar-refractivity contribution in [3.63, 3.8) is 0 Å². The fourth-order valence-corrected chi connectivity index (χ4v) is 6.48. The maximum Gasteiger partial charge on any atom is 0.159 e. The van der Waals surface area contributed by atoms with E-state index in [0.29, 0.717) is 0 Å². The van der Waals surface area contributed by atoms with E-state index in [1.807, 2.05) is 0 Å². The lowest BCUT2D eigenvalue weighted by Crippen LogP contribution is -2.18. The molecule has 0 spiro atoms. The Morgan fingerprint density at radius 3 is 2.53 bits per heavy atom. The highest BCUT2D eigenvalue weighted by atomic mass is 16.3. The van der Waals surface area contributed by atoms with Crippen molar-refractivity contribution >= 4 is 44.9 Å². The van der Waals surface area contributed by atoms with Gasteiger partial charge in [0.1, 0.15) is 5.42 Å². The average molecular weight is 464 g/mol. The predicted molar refractivity (Wildman–Crippen MR) is 150 cm³/mol. The molecule has 36 heavy (non-hydrogen) atoms. The Hall–Kier alpha value is -4.30. The van der Waals surface area contributed by atoms with Crippen LogP contribution < -0.4 is 10.6 Å². The third kappa shape index (κ3) is 2.46. The molecule has 2 aromatic heterocycles. The first-order chi connectivity index (χ1) is 17.6. The molecule has 4 aromatic carbocycles. The molecule has 2 aliphatic carbocycles. The van der Waals surface area contributed by atoms with Crippen LogP contribution in [0.3, 0.4) is 0 Å². The SMILES string of the molecule is CC1(C)c2ccccc2-c2cc3c4ccccc4n(-c4cccc5c6c(oc45)=CCC=CC=6)c3cc21. The molecule has 8 rings (SSSR count). The molecule has 0 bridgehead atoms. The molecule has 6 aromatic rings. The lowest BCUT2D eigenvalue weighted by Gasteiger charge is -2.21. The standard InChI is InChI=1S/C34H25NO/c1-34(2)27-15-8-6-11-21(27)25-19-26-22-12-7-9-16-29(22)35(31(26)20-28(25)34)30-17-10-14-24-23-13-4-3-5-18-32(23)36-33(24)30/h3-4,6-20H,5H2,1-2H3. The third-order valence-corrected chi connectivity index (χ3v) is 8.22. The van der Waals surface area contributed by atoms with Gasteiger partial charge in [-0.1, -0.05) is 86.7 Å². The lowest BCUT2D eigenvalue weighted by molar-refractivity contribution is 0.573. The first kappa shape index (κ1) is 19.9. The number of furan rings is 1. The molecular weight excluding hydrogens is 438 g/mol. The summed E-state index contributed by atoms with van der Waals surface area (Å²) in [7, 11) is 0. The summed E-state index contributed by atoms with van der Waals surface area (Å²) < 4.78 is 8.97. The number of benzene rings is 4. The topological polar surface area (TPSA) is 18.1 Å². The van der Waals surface area contributed by atoms with Crippen LogP contribution in [0.15, 0.2) is 95.4 Å². The zero-order valence-electron chi connectivity index (χ0n) is 20.4. The molecule has 0 saturated carbocycles. The number of hydrogen-bond donors (Lipinski definition) is 0. The number of allylic oxidation sites excluding steroid dienone is 2. The summed E-state index contributed by atoms with van der Waals surface area (Å²) in [4.78, 5) is 0. The predicted octanol–water partition coefficient (Wildman–Crippen LogP) is 7.36. The Kier molecular flexibility index (Phi) is 3.82. The fourth-order valence-electron chi connectivity index (χ4n) is 6.48. The number of aromatic nitrogens is 1. The first-order valence-corrected chi connectivity index (χ1v) is 12.7. The van der Waals surface area contributed by atoms with Crippen LogP contribution in [0.2, 0.25) is 0 Å². The van der Waals surface area contributed by atoms with Crippen LogP contribution in [0.4, 0.5) is 0 Å². The Morgan fingerprint density at radius 2 is 1.58 bits per heavy atom. The number of fused-ring (bicyclic) bond motifs is 9. The second-order valence-electron chi connectivity index (χ2n) is 10.5. The van der Waals surface area contributed by atoms with E-state index in [-0.39, 0.29) is 5.41 Å². The van der Waals surface area contributed by atoms with Crippen molar-refractivity contribution in [2.45, 2.75) is 25.7 Å². The first-order valence-electron chi connectivity index (χ1n) is 12.7. The van der Waals surface area contributed by atoms with Crippen LogP contribution in [-0.2, 0) is 5.41 Å². The number of nitrogens with zero attached hydrogens (tertiary/aromatic N) is 1. The second kappa shape index (κ2) is 6.89. The summed E-state index contributed by atoms with van der Waals surface area (Å²) in [5.41, 5.74) is 10.9. The van der Waals surface area contributed by atoms with Gasteiger partial charge in [-0.3, -0.25) is 0 Å². The van der Waals surface area contributed by atoms with E-state index in [4.69, 9.17) is 4.42 Å². The van der Waals surface area contributed by atoms with E-state index in [0.717, 1.165) is 28.5 Å². The molecule has 0 unspecified atom stereocenters. The minimum atomic E-state index is -0.0499. The highest BCUT2D eigenvalue weighted by Gasteiger charge is 2.36. The van der Waals surface area contributed by atoms with E-state index in [9.17, 15) is 0 Å². The molecule has 0 aliphatic heterocycles. The summed E-state index contributed by atoms with van der Waals surface area (Å²) in [6.07, 6.45) is 9.53. The van der Waals surface area contributed by atoms with Gasteiger partial charge in [0.2, 0.25) is 0 Å². The third-order valence-electron chi connectivity index (χ3n) is 8.22. The van der Waals surface area contributed by atoms with Crippen molar-refractivity contribution in [1.82, 2.24) is 4.57 Å². The molecule has 2 aliphatic rings. The molecule has 2 heterocycles. The van der Waals surface area contributed by atoms with Gasteiger partial charge in [0, 0.05) is 26.8 Å². The zero-order valence-corrected chi connectivity index (χ0v) is 20.4. The lowest BCUT2D eigenvalue weighted by atomic mass is 9.82. The van der Waals surface area contributed by atoms with E-state index in [1.165, 1.54) is 49.3 Å². The van der Waals surface area contributed by atoms with Crippen LogP contribution in [0.5, 0.6) is 0 Å². The molecule has 0 N–H and O–H groups in total. The number of para-hydroxylation sites is 2. The van der Waals surface area contributed by atoms with Crippen LogP contribution in [-0.4, -0.2) is 4.57 Å². The molecule has 172 valence electrons. The molecule has 0 amide bonds. The monoisotopic (exact) mass is 463 g/mol. The fraction of sp³-hybridized carbons (Fsp3) is 0.118. The van der Waals surface area contributed by atoms with Crippen molar-refractivity contribution in [3.05, 3.63) is 113 Å². The molecular formula is C34H25NO. The Balaban J connectivity index is 1.53. The van der Waals surface area contributed by atoms with Crippen LogP contribution in [0, 0.1) is 0 Å². The summed E-state index contributed by atoms with van der Waals surface area (Å²) in [5, 5.41) is 4.87. The highest BCUT2D eigenvalue weighted by molar-refractivity contribution is 6.12. The van der Waals surface area contributed by atoms with Gasteiger partial charge in [0.05, 0.1) is 16.7 Å². The highest BCUT2D eigenvalue weighted by Crippen LogP contribution is 2.51. The summed E-state index contributed by atoms with van der Waals surface area (Å²) in [6, 6.07) is 29.0. The molecule has 0 atom stereocenters. The molecule has 0 saturated heterocycles. The Bertz CT molecular complexity index is 2040. The van der Waals surface area contributed by atoms with Crippen molar-refractivity contribution in [3.8, 4) is 16.8 Å². The normalized spacial score (nSPS) is 15.4. The molecule has 2 heteroatoms. The molecule has 0 fully saturated rings. The van der Waals surface area contributed by atoms with E-state index in [1.54, 1.807) is 0 Å². The zero-order chi connectivity index (χ0) is 24.0. The average Bonchev–Trinajstić information content (AvgIpc) is 3.41. The van der Waals surface area contributed by atoms with Crippen LogP contribution in [0.25, 0.3) is 61.7 Å². The Morgan fingerprint density at radius 1 is 0.750 bits per heavy atom. The van der Waals surface area contributed by atoms with Gasteiger partial charge in [-0.25, -0.2) is 0 Å². The maximum atomic E-state index is 6.56. The number of hydrogen-bond acceptors (Lipinski definition) is 1. The van der Waals surface area contributed by atoms with E-state index < -0.39 is 0 Å². The van der Waals surface area contributed by atoms with Crippen LogP contribution >= 0.6 is 0 Å². The largest absolute Gasteiger partial charge is 0.454 e. The quantitative estimate of drug-likeness (QED) is 0.249. The molecule has 2 nitrogen and oxygen atoms in total. The van der Waals surface area contributed by atoms with Crippen LogP contribution in [0.1, 0.15) is 31.4 Å². The summed E-state index contributed by atoms with van der Waals surface area (Å²) in [6.45, 7) is 4.69. The van der Waals surface area contributed by atoms with Gasteiger partial charge >= 0.3 is 0 Å². The number of rotatable bonds is 1. The van der Waals surface area contributed by atoms with Gasteiger partial charge in [0.25, 0.3) is 0 Å². The minimum Gasteiger partial charge on any atom is -0.454 e. The minimum absolute atomic E-state index is 0.0499. The second-order valence-corrected chi connectivity index (χ2v) is 10.5. The van der Waals surface area contributed by atoms with Gasteiger partial charge in [-0.15, -0.1) is 0 Å². The van der Waals surface area contributed by atoms with Gasteiger partial charge in [-0.2, -0.15) is 0 Å². The van der Waals surface area contributed by atoms with E-state index >= 15 is 0 Å². The maximum absolute atomic E-state index is 6.56. The van der Waals surface area contributed by atoms with E-state index in [2.05, 4.69) is 122 Å². The van der Waals surface area contributed by atoms with Gasteiger partial charge < -0.3 is 8.98 Å². The smallest absolute Gasteiger partial charge is 0.159 e. The van der Waals surface area contributed by atoms with Crippen molar-refractivity contribution in [2.24, 2.45) is 0 Å². The van der Waals surface area contributed by atoms with Gasteiger partial charge in [-0.05, 0) is 59.0 Å². The van der Waals surface area contributed by atoms with Crippen molar-refractivity contribution in [1.29, 1.82) is 0 Å². The molecule has 0 radical (unpaired) electrons.